The molecule has 0 aliphatic heterocycles. The van der Waals surface area contributed by atoms with Gasteiger partial charge < -0.3 is 10.6 Å². The Bertz CT molecular complexity index is 397. The van der Waals surface area contributed by atoms with Crippen LogP contribution in [-0.4, -0.2) is 20.1 Å². The fourth-order valence-electron chi connectivity index (χ4n) is 2.42. The molecule has 2 nitrogen and oxygen atoms in total. The Morgan fingerprint density at radius 1 is 1.29 bits per heavy atom. The zero-order valence-corrected chi connectivity index (χ0v) is 10.0. The largest absolute Gasteiger partial charge is 0.374 e. The van der Waals surface area contributed by atoms with Gasteiger partial charge in [-0.25, -0.2) is 8.78 Å². The third kappa shape index (κ3) is 2.41. The Morgan fingerprint density at radius 3 is 2.47 bits per heavy atom. The summed E-state index contributed by atoms with van der Waals surface area (Å²) < 4.78 is 26.0. The van der Waals surface area contributed by atoms with Crippen LogP contribution in [0.2, 0.25) is 0 Å². The van der Waals surface area contributed by atoms with Crippen molar-refractivity contribution in [1.29, 1.82) is 0 Å². The number of anilines is 1. The lowest BCUT2D eigenvalue weighted by atomic mass is 9.68. The Hall–Kier alpha value is -1.16. The predicted octanol–water partition coefficient (Wildman–Crippen LogP) is 2.53. The molecule has 0 amide bonds. The average molecular weight is 240 g/mol. The first-order valence-corrected chi connectivity index (χ1v) is 5.93. The van der Waals surface area contributed by atoms with Gasteiger partial charge in [0.05, 0.1) is 0 Å². The van der Waals surface area contributed by atoms with E-state index in [0.717, 1.165) is 25.5 Å². The highest BCUT2D eigenvalue weighted by atomic mass is 19.2. The molecular formula is C13H18F2N2. The van der Waals surface area contributed by atoms with E-state index in [1.165, 1.54) is 12.5 Å². The van der Waals surface area contributed by atoms with Gasteiger partial charge in [-0.2, -0.15) is 0 Å². The Morgan fingerprint density at radius 2 is 2.00 bits per heavy atom. The first-order valence-electron chi connectivity index (χ1n) is 5.93. The average Bonchev–Trinajstić information content (AvgIpc) is 2.27. The molecule has 1 aromatic carbocycles. The third-order valence-electron chi connectivity index (χ3n) is 3.76. The van der Waals surface area contributed by atoms with Crippen molar-refractivity contribution in [3.8, 4) is 0 Å². The quantitative estimate of drug-likeness (QED) is 0.876. The first kappa shape index (κ1) is 12.3. The normalized spacial score (nSPS) is 17.6. The summed E-state index contributed by atoms with van der Waals surface area (Å²) in [5, 5.41) is 0. The molecule has 17 heavy (non-hydrogen) atoms. The topological polar surface area (TPSA) is 29.3 Å². The highest BCUT2D eigenvalue weighted by molar-refractivity contribution is 5.46. The van der Waals surface area contributed by atoms with Crippen LogP contribution in [0, 0.1) is 17.0 Å². The van der Waals surface area contributed by atoms with Crippen molar-refractivity contribution in [1.82, 2.24) is 0 Å². The molecule has 0 bridgehead atoms. The number of hydrogen-bond acceptors (Lipinski definition) is 2. The van der Waals surface area contributed by atoms with Crippen molar-refractivity contribution >= 4 is 5.69 Å². The Labute approximate surface area is 100 Å². The molecule has 0 unspecified atom stereocenters. The zero-order valence-electron chi connectivity index (χ0n) is 10.0. The monoisotopic (exact) mass is 240 g/mol. The molecule has 94 valence electrons. The molecule has 1 saturated carbocycles. The number of nitrogens with zero attached hydrogens (tertiary/aromatic N) is 1. The van der Waals surface area contributed by atoms with Crippen molar-refractivity contribution < 1.29 is 8.78 Å². The lowest BCUT2D eigenvalue weighted by Crippen LogP contribution is -2.46. The van der Waals surface area contributed by atoms with Gasteiger partial charge in [0, 0.05) is 30.8 Å². The van der Waals surface area contributed by atoms with E-state index in [-0.39, 0.29) is 5.41 Å². The second-order valence-electron chi connectivity index (χ2n) is 5.01. The smallest absolute Gasteiger partial charge is 0.160 e. The van der Waals surface area contributed by atoms with Crippen molar-refractivity contribution in [3.05, 3.63) is 29.8 Å². The molecule has 0 spiro atoms. The van der Waals surface area contributed by atoms with Crippen molar-refractivity contribution in [2.75, 3.05) is 25.0 Å². The first-order chi connectivity index (χ1) is 8.06. The van der Waals surface area contributed by atoms with Crippen LogP contribution in [0.3, 0.4) is 0 Å². The van der Waals surface area contributed by atoms with E-state index in [1.54, 1.807) is 6.07 Å². The van der Waals surface area contributed by atoms with Crippen LogP contribution in [-0.2, 0) is 0 Å². The van der Waals surface area contributed by atoms with Crippen LogP contribution in [0.1, 0.15) is 19.3 Å². The van der Waals surface area contributed by atoms with Crippen molar-refractivity contribution in [2.45, 2.75) is 19.3 Å². The van der Waals surface area contributed by atoms with Gasteiger partial charge in [-0.1, -0.05) is 6.42 Å². The Balaban J connectivity index is 2.08. The van der Waals surface area contributed by atoms with E-state index >= 15 is 0 Å². The minimum absolute atomic E-state index is 0.166. The highest BCUT2D eigenvalue weighted by Gasteiger charge is 2.36. The molecule has 0 atom stereocenters. The maximum atomic E-state index is 13.1. The number of halogens is 2. The van der Waals surface area contributed by atoms with Crippen molar-refractivity contribution in [3.63, 3.8) is 0 Å². The molecular weight excluding hydrogens is 222 g/mol. The summed E-state index contributed by atoms with van der Waals surface area (Å²) in [6.07, 6.45) is 3.46. The third-order valence-corrected chi connectivity index (χ3v) is 3.76. The zero-order chi connectivity index (χ0) is 12.5. The SMILES string of the molecule is CN(CC1(CN)CCC1)c1ccc(F)c(F)c1. The number of benzene rings is 1. The van der Waals surface area contributed by atoms with E-state index in [4.69, 9.17) is 5.73 Å². The van der Waals surface area contributed by atoms with E-state index < -0.39 is 11.6 Å². The summed E-state index contributed by atoms with van der Waals surface area (Å²) >= 11 is 0. The van der Waals surface area contributed by atoms with Gasteiger partial charge in [-0.3, -0.25) is 0 Å². The molecule has 1 aliphatic rings. The lowest BCUT2D eigenvalue weighted by Gasteiger charge is -2.44. The highest BCUT2D eigenvalue weighted by Crippen LogP contribution is 2.41. The van der Waals surface area contributed by atoms with Crippen LogP contribution in [0.4, 0.5) is 14.5 Å². The lowest BCUT2D eigenvalue weighted by molar-refractivity contribution is 0.154. The van der Waals surface area contributed by atoms with E-state index in [0.29, 0.717) is 12.2 Å². The molecule has 1 fully saturated rings. The Kier molecular flexibility index (Phi) is 3.33. The van der Waals surface area contributed by atoms with Crippen LogP contribution >= 0.6 is 0 Å². The van der Waals surface area contributed by atoms with E-state index in [9.17, 15) is 8.78 Å². The number of hydrogen-bond donors (Lipinski definition) is 1. The van der Waals surface area contributed by atoms with E-state index in [2.05, 4.69) is 0 Å². The summed E-state index contributed by atoms with van der Waals surface area (Å²) in [4.78, 5) is 1.95. The standard InChI is InChI=1S/C13H18F2N2/c1-17(9-13(8-16)5-2-6-13)10-3-4-11(14)12(15)7-10/h3-4,7H,2,5-6,8-9,16H2,1H3. The number of rotatable bonds is 4. The summed E-state index contributed by atoms with van der Waals surface area (Å²) in [5.74, 6) is -1.61. The van der Waals surface area contributed by atoms with Crippen LogP contribution in [0.15, 0.2) is 18.2 Å². The molecule has 1 aliphatic carbocycles. The molecule has 0 radical (unpaired) electrons. The van der Waals surface area contributed by atoms with Crippen LogP contribution in [0.5, 0.6) is 0 Å². The minimum Gasteiger partial charge on any atom is -0.374 e. The van der Waals surface area contributed by atoms with Gasteiger partial charge >= 0.3 is 0 Å². The van der Waals surface area contributed by atoms with Gasteiger partial charge in [-0.15, -0.1) is 0 Å². The molecule has 0 saturated heterocycles. The minimum atomic E-state index is -0.806. The second kappa shape index (κ2) is 4.61. The van der Waals surface area contributed by atoms with E-state index in [1.807, 2.05) is 11.9 Å². The van der Waals surface area contributed by atoms with Gasteiger partial charge in [0.2, 0.25) is 0 Å². The van der Waals surface area contributed by atoms with Crippen LogP contribution < -0.4 is 10.6 Å². The molecule has 2 N–H and O–H groups in total. The van der Waals surface area contributed by atoms with Gasteiger partial charge in [0.1, 0.15) is 0 Å². The fourth-order valence-corrected chi connectivity index (χ4v) is 2.42. The predicted molar refractivity (Wildman–Crippen MR) is 65.0 cm³/mol. The molecule has 4 heteroatoms. The van der Waals surface area contributed by atoms with Crippen LogP contribution in [0.25, 0.3) is 0 Å². The molecule has 1 aromatic rings. The summed E-state index contributed by atoms with van der Waals surface area (Å²) in [6.45, 7) is 1.45. The molecule has 0 heterocycles. The van der Waals surface area contributed by atoms with Crippen molar-refractivity contribution in [2.24, 2.45) is 11.1 Å². The van der Waals surface area contributed by atoms with Gasteiger partial charge in [0.25, 0.3) is 0 Å². The summed E-state index contributed by atoms with van der Waals surface area (Å²) in [6, 6.07) is 4.00. The maximum absolute atomic E-state index is 13.1. The summed E-state index contributed by atoms with van der Waals surface area (Å²) in [5.41, 5.74) is 6.65. The molecule has 2 rings (SSSR count). The maximum Gasteiger partial charge on any atom is 0.160 e. The molecule has 0 aromatic heterocycles. The van der Waals surface area contributed by atoms with Gasteiger partial charge in [-0.05, 0) is 31.5 Å². The second-order valence-corrected chi connectivity index (χ2v) is 5.01. The fraction of sp³-hybridized carbons (Fsp3) is 0.538. The summed E-state index contributed by atoms with van der Waals surface area (Å²) in [7, 11) is 1.89. The van der Waals surface area contributed by atoms with Gasteiger partial charge in [0.15, 0.2) is 11.6 Å². The number of nitrogens with two attached hydrogens (primary N) is 1.